The minimum absolute atomic E-state index is 0.231. The molecular formula is C16H16BrN3O2S. The third-order valence-electron chi connectivity index (χ3n) is 3.68. The Morgan fingerprint density at radius 2 is 2.35 bits per heavy atom. The molecule has 0 amide bonds. The molecule has 0 saturated carbocycles. The van der Waals surface area contributed by atoms with E-state index in [1.807, 2.05) is 0 Å². The van der Waals surface area contributed by atoms with E-state index < -0.39 is 0 Å². The van der Waals surface area contributed by atoms with Crippen LogP contribution in [0.3, 0.4) is 0 Å². The molecule has 1 aromatic carbocycles. The van der Waals surface area contributed by atoms with E-state index in [-0.39, 0.29) is 17.8 Å². The van der Waals surface area contributed by atoms with Gasteiger partial charge in [-0.2, -0.15) is 0 Å². The summed E-state index contributed by atoms with van der Waals surface area (Å²) in [6.45, 7) is 0. The van der Waals surface area contributed by atoms with E-state index in [4.69, 9.17) is 0 Å². The van der Waals surface area contributed by atoms with Gasteiger partial charge in [-0.05, 0) is 36.1 Å². The van der Waals surface area contributed by atoms with E-state index in [1.165, 1.54) is 30.0 Å². The van der Waals surface area contributed by atoms with Crippen LogP contribution in [0.4, 0.5) is 5.82 Å². The molecule has 1 heterocycles. The number of benzene rings is 1. The molecular weight excluding hydrogens is 378 g/mol. The van der Waals surface area contributed by atoms with Crippen LogP contribution < -0.4 is 5.32 Å². The Balaban J connectivity index is 1.69. The first kappa shape index (κ1) is 16.3. The largest absolute Gasteiger partial charge is 0.468 e. The van der Waals surface area contributed by atoms with Gasteiger partial charge in [0, 0.05) is 4.47 Å². The number of hydrogen-bond donors (Lipinski definition) is 1. The van der Waals surface area contributed by atoms with Crippen LogP contribution in [-0.4, -0.2) is 28.8 Å². The van der Waals surface area contributed by atoms with Crippen molar-refractivity contribution in [2.75, 3.05) is 18.2 Å². The van der Waals surface area contributed by atoms with Crippen molar-refractivity contribution < 1.29 is 9.53 Å². The second-order valence-electron chi connectivity index (χ2n) is 5.19. The number of fused-ring (bicyclic) bond motifs is 1. The summed E-state index contributed by atoms with van der Waals surface area (Å²) >= 11 is 4.83. The molecule has 1 atom stereocenters. The van der Waals surface area contributed by atoms with E-state index in [1.54, 1.807) is 12.4 Å². The fourth-order valence-electron chi connectivity index (χ4n) is 2.59. The van der Waals surface area contributed by atoms with Gasteiger partial charge in [-0.15, -0.1) is 0 Å². The second-order valence-corrected chi connectivity index (χ2v) is 7.10. The molecule has 7 heteroatoms. The number of nitrogens with zero attached hydrogens (tertiary/aromatic N) is 2. The molecule has 1 unspecified atom stereocenters. The van der Waals surface area contributed by atoms with Crippen molar-refractivity contribution in [2.24, 2.45) is 0 Å². The van der Waals surface area contributed by atoms with Gasteiger partial charge in [0.05, 0.1) is 31.3 Å². The van der Waals surface area contributed by atoms with Gasteiger partial charge in [-0.25, -0.2) is 4.98 Å². The maximum absolute atomic E-state index is 11.2. The van der Waals surface area contributed by atoms with Crippen molar-refractivity contribution in [1.29, 1.82) is 0 Å². The van der Waals surface area contributed by atoms with Crippen molar-refractivity contribution in [3.05, 3.63) is 46.2 Å². The Labute approximate surface area is 147 Å². The number of halogens is 1. The van der Waals surface area contributed by atoms with Crippen LogP contribution in [0.15, 0.2) is 40.1 Å². The molecule has 23 heavy (non-hydrogen) atoms. The van der Waals surface area contributed by atoms with Crippen LogP contribution in [0.25, 0.3) is 0 Å². The lowest BCUT2D eigenvalue weighted by Gasteiger charge is -2.15. The van der Waals surface area contributed by atoms with Gasteiger partial charge >= 0.3 is 5.97 Å². The van der Waals surface area contributed by atoms with Crippen LogP contribution in [0.5, 0.6) is 0 Å². The first-order valence-electron chi connectivity index (χ1n) is 7.22. The minimum Gasteiger partial charge on any atom is -0.468 e. The Morgan fingerprint density at radius 1 is 1.48 bits per heavy atom. The maximum Gasteiger partial charge on any atom is 0.316 e. The monoisotopic (exact) mass is 393 g/mol. The number of hydrogen-bond acceptors (Lipinski definition) is 6. The summed E-state index contributed by atoms with van der Waals surface area (Å²) in [6, 6.07) is 6.62. The number of esters is 1. The van der Waals surface area contributed by atoms with Gasteiger partial charge in [0.15, 0.2) is 0 Å². The smallest absolute Gasteiger partial charge is 0.316 e. The molecule has 5 nitrogen and oxygen atoms in total. The highest BCUT2D eigenvalue weighted by Crippen LogP contribution is 2.35. The zero-order valence-corrected chi connectivity index (χ0v) is 15.0. The summed E-state index contributed by atoms with van der Waals surface area (Å²) in [5, 5.41) is 4.14. The van der Waals surface area contributed by atoms with Crippen molar-refractivity contribution in [3.8, 4) is 0 Å². The standard InChI is InChI=1S/C16H16BrN3O2S/c1-22-16(21)9-23-15-8-18-7-14(20-15)19-13-5-2-10-6-11(17)3-4-12(10)13/h3-4,6-8,13H,2,5,9H2,1H3,(H,19,20). The topological polar surface area (TPSA) is 64.1 Å². The number of ether oxygens (including phenoxy) is 1. The summed E-state index contributed by atoms with van der Waals surface area (Å²) in [5.41, 5.74) is 2.67. The number of anilines is 1. The predicted molar refractivity (Wildman–Crippen MR) is 93.6 cm³/mol. The van der Waals surface area contributed by atoms with Gasteiger partial charge in [0.25, 0.3) is 0 Å². The predicted octanol–water partition coefficient (Wildman–Crippen LogP) is 3.60. The van der Waals surface area contributed by atoms with Gasteiger partial charge in [0.1, 0.15) is 10.8 Å². The molecule has 0 fully saturated rings. The zero-order valence-electron chi connectivity index (χ0n) is 12.6. The number of nitrogens with one attached hydrogen (secondary N) is 1. The van der Waals surface area contributed by atoms with Crippen molar-refractivity contribution >= 4 is 39.5 Å². The Morgan fingerprint density at radius 3 is 3.17 bits per heavy atom. The molecule has 2 aromatic rings. The van der Waals surface area contributed by atoms with Crippen molar-refractivity contribution in [2.45, 2.75) is 23.9 Å². The normalized spacial score (nSPS) is 16.0. The molecule has 1 N–H and O–H groups in total. The Hall–Kier alpha value is -1.60. The lowest BCUT2D eigenvalue weighted by Crippen LogP contribution is -2.09. The molecule has 0 spiro atoms. The molecule has 1 aliphatic carbocycles. The molecule has 0 bridgehead atoms. The van der Waals surface area contributed by atoms with E-state index in [0.29, 0.717) is 5.03 Å². The van der Waals surface area contributed by atoms with E-state index >= 15 is 0 Å². The van der Waals surface area contributed by atoms with Crippen LogP contribution >= 0.6 is 27.7 Å². The third-order valence-corrected chi connectivity index (χ3v) is 5.05. The van der Waals surface area contributed by atoms with Gasteiger partial charge in [-0.1, -0.05) is 33.8 Å². The summed E-state index contributed by atoms with van der Waals surface area (Å²) in [4.78, 5) is 19.9. The number of thioether (sulfide) groups is 1. The molecule has 1 aromatic heterocycles. The van der Waals surface area contributed by atoms with Crippen LogP contribution in [0.1, 0.15) is 23.6 Å². The van der Waals surface area contributed by atoms with E-state index in [2.05, 4.69) is 54.2 Å². The highest BCUT2D eigenvalue weighted by molar-refractivity contribution is 9.10. The number of carbonyl (C=O) groups is 1. The van der Waals surface area contributed by atoms with Crippen molar-refractivity contribution in [3.63, 3.8) is 0 Å². The third kappa shape index (κ3) is 4.03. The van der Waals surface area contributed by atoms with Crippen LogP contribution in [-0.2, 0) is 16.0 Å². The number of carbonyl (C=O) groups excluding carboxylic acids is 1. The number of aromatic nitrogens is 2. The molecule has 0 saturated heterocycles. The number of methoxy groups -OCH3 is 1. The Kier molecular flexibility index (Phi) is 5.17. The molecule has 120 valence electrons. The average molecular weight is 394 g/mol. The van der Waals surface area contributed by atoms with Crippen LogP contribution in [0, 0.1) is 0 Å². The molecule has 0 radical (unpaired) electrons. The number of rotatable bonds is 5. The van der Waals surface area contributed by atoms with Gasteiger partial charge in [0.2, 0.25) is 0 Å². The van der Waals surface area contributed by atoms with E-state index in [0.717, 1.165) is 23.1 Å². The van der Waals surface area contributed by atoms with Gasteiger partial charge in [-0.3, -0.25) is 9.78 Å². The lowest BCUT2D eigenvalue weighted by atomic mass is 10.1. The second kappa shape index (κ2) is 7.31. The summed E-state index contributed by atoms with van der Waals surface area (Å²) in [7, 11) is 1.38. The molecule has 0 aliphatic heterocycles. The fraction of sp³-hybridized carbons (Fsp3) is 0.312. The molecule has 3 rings (SSSR count). The van der Waals surface area contributed by atoms with Crippen molar-refractivity contribution in [1.82, 2.24) is 9.97 Å². The van der Waals surface area contributed by atoms with E-state index in [9.17, 15) is 4.79 Å². The van der Waals surface area contributed by atoms with Gasteiger partial charge < -0.3 is 10.1 Å². The first-order chi connectivity index (χ1) is 11.2. The first-order valence-corrected chi connectivity index (χ1v) is 9.00. The van der Waals surface area contributed by atoms with Crippen LogP contribution in [0.2, 0.25) is 0 Å². The summed E-state index contributed by atoms with van der Waals surface area (Å²) in [5.74, 6) is 0.681. The number of aryl methyl sites for hydroxylation is 1. The maximum atomic E-state index is 11.2. The highest BCUT2D eigenvalue weighted by Gasteiger charge is 2.22. The molecule has 1 aliphatic rings. The SMILES string of the molecule is COC(=O)CSc1cncc(NC2CCc3cc(Br)ccc32)n1. The Bertz CT molecular complexity index is 726. The fourth-order valence-corrected chi connectivity index (χ4v) is 3.68. The minimum atomic E-state index is -0.273. The quantitative estimate of drug-likeness (QED) is 0.618. The highest BCUT2D eigenvalue weighted by atomic mass is 79.9. The average Bonchev–Trinajstić information content (AvgIpc) is 2.95. The summed E-state index contributed by atoms with van der Waals surface area (Å²) < 4.78 is 5.74. The summed E-state index contributed by atoms with van der Waals surface area (Å²) in [6.07, 6.45) is 5.45. The lowest BCUT2D eigenvalue weighted by molar-refractivity contribution is -0.137. The zero-order chi connectivity index (χ0) is 16.2.